The van der Waals surface area contributed by atoms with Crippen LogP contribution < -0.4 is 9.46 Å². The van der Waals surface area contributed by atoms with Crippen LogP contribution in [0.15, 0.2) is 18.3 Å². The summed E-state index contributed by atoms with van der Waals surface area (Å²) in [5, 5.41) is 0. The van der Waals surface area contributed by atoms with Crippen molar-refractivity contribution < 1.29 is 22.7 Å². The third-order valence-electron chi connectivity index (χ3n) is 2.73. The van der Waals surface area contributed by atoms with Gasteiger partial charge in [-0.3, -0.25) is 4.79 Å². The lowest BCUT2D eigenvalue weighted by molar-refractivity contribution is -0.140. The molecule has 0 atom stereocenters. The second-order valence-electron chi connectivity index (χ2n) is 4.18. The van der Waals surface area contributed by atoms with Gasteiger partial charge in [0, 0.05) is 32.4 Å². The van der Waals surface area contributed by atoms with Gasteiger partial charge < -0.3 is 9.47 Å². The van der Waals surface area contributed by atoms with Crippen molar-refractivity contribution >= 4 is 16.2 Å². The van der Waals surface area contributed by atoms with E-state index in [1.165, 1.54) is 27.5 Å². The molecule has 21 heavy (non-hydrogen) atoms. The molecule has 0 saturated heterocycles. The zero-order chi connectivity index (χ0) is 15.9. The predicted octanol–water partition coefficient (Wildman–Crippen LogP) is -0.0805. The van der Waals surface area contributed by atoms with E-state index in [1.807, 2.05) is 0 Å². The van der Waals surface area contributed by atoms with Crippen molar-refractivity contribution in [3.05, 3.63) is 23.9 Å². The second-order valence-corrected chi connectivity index (χ2v) is 6.04. The Morgan fingerprint density at radius 2 is 2.10 bits per heavy atom. The fourth-order valence-corrected chi connectivity index (χ4v) is 2.29. The highest BCUT2D eigenvalue weighted by molar-refractivity contribution is 7.87. The van der Waals surface area contributed by atoms with E-state index < -0.39 is 16.2 Å². The van der Waals surface area contributed by atoms with Gasteiger partial charge in [0.2, 0.25) is 5.88 Å². The molecule has 8 nitrogen and oxygen atoms in total. The van der Waals surface area contributed by atoms with Crippen molar-refractivity contribution in [2.45, 2.75) is 13.0 Å². The first kappa shape index (κ1) is 17.3. The molecule has 0 fully saturated rings. The summed E-state index contributed by atoms with van der Waals surface area (Å²) in [5.41, 5.74) is 0.695. The Morgan fingerprint density at radius 1 is 1.38 bits per heavy atom. The lowest BCUT2D eigenvalue weighted by Gasteiger charge is -2.17. The topological polar surface area (TPSA) is 97.8 Å². The zero-order valence-electron chi connectivity index (χ0n) is 12.2. The van der Waals surface area contributed by atoms with Crippen LogP contribution in [-0.4, -0.2) is 51.5 Å². The number of rotatable bonds is 8. The molecule has 0 saturated carbocycles. The Hall–Kier alpha value is -1.71. The smallest absolute Gasteiger partial charge is 0.306 e. The molecule has 0 radical (unpaired) electrons. The van der Waals surface area contributed by atoms with Crippen molar-refractivity contribution in [3.63, 3.8) is 0 Å². The SMILES string of the molecule is COC(=O)CCN(C)S(=O)(=O)NCc1ccc(OC)nc1. The summed E-state index contributed by atoms with van der Waals surface area (Å²) in [6, 6.07) is 3.35. The van der Waals surface area contributed by atoms with Crippen molar-refractivity contribution in [2.24, 2.45) is 0 Å². The van der Waals surface area contributed by atoms with Gasteiger partial charge in [-0.25, -0.2) is 4.98 Å². The average Bonchev–Trinajstić information content (AvgIpc) is 2.50. The number of carbonyl (C=O) groups excluding carboxylic acids is 1. The standard InChI is InChI=1S/C12H19N3O5S/c1-15(7-6-12(16)20-3)21(17,18)14-9-10-4-5-11(19-2)13-8-10/h4-5,8,14H,6-7,9H2,1-3H3. The molecule has 0 unspecified atom stereocenters. The van der Waals surface area contributed by atoms with Crippen LogP contribution in [0.1, 0.15) is 12.0 Å². The van der Waals surface area contributed by atoms with E-state index in [2.05, 4.69) is 14.4 Å². The lowest BCUT2D eigenvalue weighted by atomic mass is 10.3. The second kappa shape index (κ2) is 7.91. The van der Waals surface area contributed by atoms with Gasteiger partial charge in [-0.05, 0) is 5.56 Å². The van der Waals surface area contributed by atoms with Crippen molar-refractivity contribution in [3.8, 4) is 5.88 Å². The summed E-state index contributed by atoms with van der Waals surface area (Å²) in [7, 11) is 0.482. The maximum absolute atomic E-state index is 11.9. The normalized spacial score (nSPS) is 11.4. The highest BCUT2D eigenvalue weighted by Gasteiger charge is 2.18. The monoisotopic (exact) mass is 317 g/mol. The Bertz CT molecular complexity index is 559. The Labute approximate surface area is 124 Å². The fourth-order valence-electron chi connectivity index (χ4n) is 1.39. The zero-order valence-corrected chi connectivity index (χ0v) is 13.0. The summed E-state index contributed by atoms with van der Waals surface area (Å²) in [6.45, 7) is 0.144. The number of nitrogens with zero attached hydrogens (tertiary/aromatic N) is 2. The van der Waals surface area contributed by atoms with Gasteiger partial charge in [0.25, 0.3) is 10.2 Å². The van der Waals surface area contributed by atoms with Crippen LogP contribution in [0.4, 0.5) is 0 Å². The van der Waals surface area contributed by atoms with E-state index in [9.17, 15) is 13.2 Å². The van der Waals surface area contributed by atoms with E-state index in [1.54, 1.807) is 12.1 Å². The molecule has 9 heteroatoms. The number of carbonyl (C=O) groups is 1. The van der Waals surface area contributed by atoms with E-state index in [0.29, 0.717) is 11.4 Å². The van der Waals surface area contributed by atoms with Crippen LogP contribution in [0, 0.1) is 0 Å². The highest BCUT2D eigenvalue weighted by atomic mass is 32.2. The molecule has 0 amide bonds. The lowest BCUT2D eigenvalue weighted by Crippen LogP contribution is -2.38. The molecule has 0 bridgehead atoms. The van der Waals surface area contributed by atoms with Crippen LogP contribution in [-0.2, 0) is 26.3 Å². The average molecular weight is 317 g/mol. The van der Waals surface area contributed by atoms with Crippen LogP contribution in [0.2, 0.25) is 0 Å². The molecule has 0 aliphatic rings. The van der Waals surface area contributed by atoms with Crippen LogP contribution >= 0.6 is 0 Å². The van der Waals surface area contributed by atoms with Gasteiger partial charge in [-0.15, -0.1) is 0 Å². The van der Waals surface area contributed by atoms with Gasteiger partial charge in [0.15, 0.2) is 0 Å². The molecule has 0 spiro atoms. The van der Waals surface area contributed by atoms with Crippen LogP contribution in [0.5, 0.6) is 5.88 Å². The fraction of sp³-hybridized carbons (Fsp3) is 0.500. The van der Waals surface area contributed by atoms with Crippen LogP contribution in [0.25, 0.3) is 0 Å². The van der Waals surface area contributed by atoms with Crippen molar-refractivity contribution in [1.82, 2.24) is 14.0 Å². The summed E-state index contributed by atoms with van der Waals surface area (Å²) >= 11 is 0. The minimum absolute atomic E-state index is 0.00198. The largest absolute Gasteiger partial charge is 0.481 e. The van der Waals surface area contributed by atoms with Gasteiger partial charge in [-0.1, -0.05) is 6.07 Å². The summed E-state index contributed by atoms with van der Waals surface area (Å²) < 4.78 is 36.7. The van der Waals surface area contributed by atoms with Gasteiger partial charge in [0.05, 0.1) is 20.6 Å². The molecule has 0 aliphatic carbocycles. The van der Waals surface area contributed by atoms with Crippen molar-refractivity contribution in [2.75, 3.05) is 27.8 Å². The maximum atomic E-state index is 11.9. The molecule has 1 rings (SSSR count). The first-order chi connectivity index (χ1) is 9.89. The molecule has 1 aromatic heterocycles. The predicted molar refractivity (Wildman–Crippen MR) is 75.8 cm³/mol. The molecule has 118 valence electrons. The third kappa shape index (κ3) is 5.66. The number of methoxy groups -OCH3 is 2. The van der Waals surface area contributed by atoms with Gasteiger partial charge >= 0.3 is 5.97 Å². The number of hydrogen-bond acceptors (Lipinski definition) is 6. The number of pyridine rings is 1. The molecule has 1 aromatic rings. The van der Waals surface area contributed by atoms with Crippen LogP contribution in [0.3, 0.4) is 0 Å². The molecule has 1 N–H and O–H groups in total. The number of hydrogen-bond donors (Lipinski definition) is 1. The Kier molecular flexibility index (Phi) is 6.53. The molecule has 0 aliphatic heterocycles. The number of aromatic nitrogens is 1. The highest BCUT2D eigenvalue weighted by Crippen LogP contribution is 2.07. The quantitative estimate of drug-likeness (QED) is 0.674. The van der Waals surface area contributed by atoms with Gasteiger partial charge in [-0.2, -0.15) is 17.4 Å². The first-order valence-electron chi connectivity index (χ1n) is 6.15. The summed E-state index contributed by atoms with van der Waals surface area (Å²) in [4.78, 5) is 15.0. The maximum Gasteiger partial charge on any atom is 0.306 e. The molecule has 0 aromatic carbocycles. The number of nitrogens with one attached hydrogen (secondary N) is 1. The third-order valence-corrected chi connectivity index (χ3v) is 4.25. The first-order valence-corrected chi connectivity index (χ1v) is 7.59. The van der Waals surface area contributed by atoms with E-state index >= 15 is 0 Å². The number of ether oxygens (including phenoxy) is 2. The minimum Gasteiger partial charge on any atom is -0.481 e. The molecular formula is C12H19N3O5S. The van der Waals surface area contributed by atoms with Crippen molar-refractivity contribution in [1.29, 1.82) is 0 Å². The summed E-state index contributed by atoms with van der Waals surface area (Å²) in [6.07, 6.45) is 1.52. The Morgan fingerprint density at radius 3 is 2.62 bits per heavy atom. The van der Waals surface area contributed by atoms with E-state index in [0.717, 1.165) is 4.31 Å². The van der Waals surface area contributed by atoms with Gasteiger partial charge in [0.1, 0.15) is 0 Å². The minimum atomic E-state index is -3.66. The number of esters is 1. The molecular weight excluding hydrogens is 298 g/mol. The summed E-state index contributed by atoms with van der Waals surface area (Å²) in [5.74, 6) is -0.00629. The van der Waals surface area contributed by atoms with E-state index in [4.69, 9.17) is 4.74 Å². The van der Waals surface area contributed by atoms with E-state index in [-0.39, 0.29) is 19.5 Å². The molecule has 1 heterocycles. The Balaban J connectivity index is 2.52.